The molecule has 1 aromatic heterocycles. The van der Waals surface area contributed by atoms with Crippen LogP contribution in [-0.4, -0.2) is 17.0 Å². The highest BCUT2D eigenvalue weighted by Gasteiger charge is 2.24. The average molecular weight is 323 g/mol. The van der Waals surface area contributed by atoms with Crippen LogP contribution in [0.3, 0.4) is 0 Å². The molecule has 0 bridgehead atoms. The first-order chi connectivity index (χ1) is 11.8. The topological polar surface area (TPSA) is 37.8 Å². The molecule has 1 aromatic rings. The summed E-state index contributed by atoms with van der Waals surface area (Å²) in [6.07, 6.45) is 18.6. The lowest BCUT2D eigenvalue weighted by molar-refractivity contribution is 0.338. The van der Waals surface area contributed by atoms with E-state index in [4.69, 9.17) is 9.97 Å². The van der Waals surface area contributed by atoms with E-state index >= 15 is 0 Å². The van der Waals surface area contributed by atoms with E-state index in [1.54, 1.807) is 5.57 Å². The highest BCUT2D eigenvalue weighted by Crippen LogP contribution is 2.36. The van der Waals surface area contributed by atoms with Crippen LogP contribution in [0.15, 0.2) is 17.7 Å². The van der Waals surface area contributed by atoms with Crippen LogP contribution in [0.5, 0.6) is 0 Å². The average Bonchev–Trinajstić information content (AvgIpc) is 2.66. The first-order valence-electron chi connectivity index (χ1n) is 9.81. The van der Waals surface area contributed by atoms with Crippen molar-refractivity contribution in [3.63, 3.8) is 0 Å². The first-order valence-corrected chi connectivity index (χ1v) is 9.81. The molecule has 0 aromatic carbocycles. The van der Waals surface area contributed by atoms with Crippen LogP contribution >= 0.6 is 0 Å². The minimum atomic E-state index is 0.894. The van der Waals surface area contributed by atoms with Crippen LogP contribution in [0.2, 0.25) is 0 Å². The van der Waals surface area contributed by atoms with Crippen molar-refractivity contribution in [2.75, 3.05) is 12.4 Å². The standard InChI is InChI=1S/C21H29N3/c1-22-21-19(13-11-15-7-3-2-4-8-15)23-20-17-10-6-5-9-16(17)12-14-18(20)24-21/h6,10,15H,2-5,7-9,11-14H2,1H3,(H,22,24). The van der Waals surface area contributed by atoms with Crippen molar-refractivity contribution in [3.8, 4) is 0 Å². The number of allylic oxidation sites excluding steroid dienone is 4. The van der Waals surface area contributed by atoms with Gasteiger partial charge in [-0.3, -0.25) is 0 Å². The molecule has 1 saturated carbocycles. The number of hydrogen-bond donors (Lipinski definition) is 1. The summed E-state index contributed by atoms with van der Waals surface area (Å²) in [4.78, 5) is 10.1. The molecule has 0 atom stereocenters. The van der Waals surface area contributed by atoms with Crippen LogP contribution < -0.4 is 5.32 Å². The third-order valence-corrected chi connectivity index (χ3v) is 5.99. The quantitative estimate of drug-likeness (QED) is 0.839. The van der Waals surface area contributed by atoms with Gasteiger partial charge in [-0.2, -0.15) is 0 Å². The van der Waals surface area contributed by atoms with Gasteiger partial charge in [0.15, 0.2) is 0 Å². The van der Waals surface area contributed by atoms with E-state index in [0.29, 0.717) is 0 Å². The van der Waals surface area contributed by atoms with E-state index in [1.807, 2.05) is 7.05 Å². The van der Waals surface area contributed by atoms with Gasteiger partial charge in [0.05, 0.1) is 17.1 Å². The maximum atomic E-state index is 5.12. The van der Waals surface area contributed by atoms with E-state index < -0.39 is 0 Å². The summed E-state index contributed by atoms with van der Waals surface area (Å²) in [6.45, 7) is 0. The van der Waals surface area contributed by atoms with Crippen molar-refractivity contribution in [1.82, 2.24) is 9.97 Å². The van der Waals surface area contributed by atoms with Crippen molar-refractivity contribution < 1.29 is 0 Å². The Morgan fingerprint density at radius 3 is 2.79 bits per heavy atom. The van der Waals surface area contributed by atoms with Gasteiger partial charge in [-0.05, 0) is 44.4 Å². The number of fused-ring (bicyclic) bond motifs is 2. The lowest BCUT2D eigenvalue weighted by atomic mass is 9.85. The molecule has 1 N–H and O–H groups in total. The number of hydrogen-bond acceptors (Lipinski definition) is 3. The summed E-state index contributed by atoms with van der Waals surface area (Å²) in [5, 5.41) is 3.30. The second-order valence-corrected chi connectivity index (χ2v) is 7.57. The van der Waals surface area contributed by atoms with Gasteiger partial charge in [0.2, 0.25) is 0 Å². The fraction of sp³-hybridized carbons (Fsp3) is 0.619. The van der Waals surface area contributed by atoms with Gasteiger partial charge >= 0.3 is 0 Å². The van der Waals surface area contributed by atoms with E-state index in [-0.39, 0.29) is 0 Å². The highest BCUT2D eigenvalue weighted by molar-refractivity contribution is 5.78. The summed E-state index contributed by atoms with van der Waals surface area (Å²) < 4.78 is 0. The Bertz CT molecular complexity index is 666. The van der Waals surface area contributed by atoms with E-state index in [9.17, 15) is 0 Å². The molecule has 4 rings (SSSR count). The zero-order valence-corrected chi connectivity index (χ0v) is 14.9. The molecule has 3 heteroatoms. The predicted octanol–water partition coefficient (Wildman–Crippen LogP) is 5.08. The summed E-state index contributed by atoms with van der Waals surface area (Å²) in [5.41, 5.74) is 6.50. The smallest absolute Gasteiger partial charge is 0.147 e. The minimum Gasteiger partial charge on any atom is -0.372 e. The van der Waals surface area contributed by atoms with Crippen LogP contribution in [0.4, 0.5) is 5.82 Å². The molecule has 128 valence electrons. The normalized spacial score (nSPS) is 20.7. The molecule has 1 fully saturated rings. The van der Waals surface area contributed by atoms with Gasteiger partial charge < -0.3 is 5.32 Å². The van der Waals surface area contributed by atoms with E-state index in [2.05, 4.69) is 17.5 Å². The van der Waals surface area contributed by atoms with Gasteiger partial charge in [0.1, 0.15) is 5.82 Å². The van der Waals surface area contributed by atoms with Gasteiger partial charge in [0.25, 0.3) is 0 Å². The fourth-order valence-electron chi connectivity index (χ4n) is 4.57. The van der Waals surface area contributed by atoms with Gasteiger partial charge in [-0.1, -0.05) is 49.8 Å². The Morgan fingerprint density at radius 2 is 1.96 bits per heavy atom. The lowest BCUT2D eigenvalue weighted by Gasteiger charge is -2.25. The Kier molecular flexibility index (Phi) is 4.68. The molecule has 24 heavy (non-hydrogen) atoms. The SMILES string of the molecule is CNc1nc2c(nc1CCC1CCCCC1)C1=C(CCC=C1)CC2. The van der Waals surface area contributed by atoms with Crippen LogP contribution in [0.1, 0.15) is 74.9 Å². The van der Waals surface area contributed by atoms with E-state index in [0.717, 1.165) is 31.0 Å². The van der Waals surface area contributed by atoms with Crippen molar-refractivity contribution >= 4 is 11.4 Å². The van der Waals surface area contributed by atoms with Gasteiger partial charge in [0, 0.05) is 12.6 Å². The first kappa shape index (κ1) is 15.9. The molecule has 3 nitrogen and oxygen atoms in total. The summed E-state index contributed by atoms with van der Waals surface area (Å²) in [6, 6.07) is 0. The summed E-state index contributed by atoms with van der Waals surface area (Å²) >= 11 is 0. The van der Waals surface area contributed by atoms with Gasteiger partial charge in [-0.25, -0.2) is 9.97 Å². The number of nitrogens with one attached hydrogen (secondary N) is 1. The number of rotatable bonds is 4. The molecule has 1 heterocycles. The minimum absolute atomic E-state index is 0.894. The molecule has 0 aliphatic heterocycles. The maximum Gasteiger partial charge on any atom is 0.147 e. The third kappa shape index (κ3) is 3.13. The second kappa shape index (κ2) is 7.08. The second-order valence-electron chi connectivity index (χ2n) is 7.57. The van der Waals surface area contributed by atoms with Crippen LogP contribution in [0.25, 0.3) is 5.57 Å². The Morgan fingerprint density at radius 1 is 1.08 bits per heavy atom. The number of aryl methyl sites for hydroxylation is 2. The zero-order valence-electron chi connectivity index (χ0n) is 14.9. The fourth-order valence-corrected chi connectivity index (χ4v) is 4.57. The molecular formula is C21H29N3. The lowest BCUT2D eigenvalue weighted by Crippen LogP contribution is -2.15. The van der Waals surface area contributed by atoms with Gasteiger partial charge in [-0.15, -0.1) is 0 Å². The molecule has 3 aliphatic carbocycles. The van der Waals surface area contributed by atoms with E-state index in [1.165, 1.54) is 74.0 Å². The predicted molar refractivity (Wildman–Crippen MR) is 100 cm³/mol. The Labute approximate surface area is 145 Å². The molecular weight excluding hydrogens is 294 g/mol. The Balaban J connectivity index is 1.60. The highest BCUT2D eigenvalue weighted by atomic mass is 15.0. The number of aromatic nitrogens is 2. The third-order valence-electron chi connectivity index (χ3n) is 5.99. The largest absolute Gasteiger partial charge is 0.372 e. The van der Waals surface area contributed by atoms with Crippen LogP contribution in [-0.2, 0) is 12.8 Å². The summed E-state index contributed by atoms with van der Waals surface area (Å²) in [7, 11) is 1.98. The summed E-state index contributed by atoms with van der Waals surface area (Å²) in [5.74, 6) is 1.90. The maximum absolute atomic E-state index is 5.12. The molecule has 0 amide bonds. The number of nitrogens with zero attached hydrogens (tertiary/aromatic N) is 2. The molecule has 0 spiro atoms. The Hall–Kier alpha value is -1.64. The molecule has 0 unspecified atom stereocenters. The molecule has 3 aliphatic rings. The monoisotopic (exact) mass is 323 g/mol. The van der Waals surface area contributed by atoms with Crippen molar-refractivity contribution in [2.45, 2.75) is 70.6 Å². The van der Waals surface area contributed by atoms with Crippen molar-refractivity contribution in [1.29, 1.82) is 0 Å². The van der Waals surface area contributed by atoms with Crippen molar-refractivity contribution in [2.24, 2.45) is 5.92 Å². The molecule has 0 radical (unpaired) electrons. The van der Waals surface area contributed by atoms with Crippen molar-refractivity contribution in [3.05, 3.63) is 34.8 Å². The zero-order chi connectivity index (χ0) is 16.4. The molecule has 0 saturated heterocycles. The van der Waals surface area contributed by atoms with Crippen LogP contribution in [0, 0.1) is 5.92 Å². The number of anilines is 1.